The molecule has 1 amide bonds. The lowest BCUT2D eigenvalue weighted by Gasteiger charge is -2.34. The molecule has 0 aliphatic carbocycles. The summed E-state index contributed by atoms with van der Waals surface area (Å²) in [5.41, 5.74) is 2.23. The number of piperazine rings is 1. The van der Waals surface area contributed by atoms with E-state index < -0.39 is 0 Å². The molecule has 1 aromatic heterocycles. The lowest BCUT2D eigenvalue weighted by Crippen LogP contribution is -2.48. The van der Waals surface area contributed by atoms with Gasteiger partial charge in [-0.3, -0.25) is 9.69 Å². The number of carbonyl (C=O) groups is 1. The number of ether oxygens (including phenoxy) is 1. The Balaban J connectivity index is 1.17. The van der Waals surface area contributed by atoms with E-state index in [1.54, 1.807) is 18.4 Å². The summed E-state index contributed by atoms with van der Waals surface area (Å²) in [7, 11) is 5.72. The quantitative estimate of drug-likeness (QED) is 0.366. The molecule has 2 fully saturated rings. The van der Waals surface area contributed by atoms with Crippen LogP contribution in [0.1, 0.15) is 37.8 Å². The molecule has 1 unspecified atom stereocenters. The van der Waals surface area contributed by atoms with Gasteiger partial charge >= 0.3 is 0 Å². The van der Waals surface area contributed by atoms with Gasteiger partial charge in [-0.05, 0) is 43.5 Å². The van der Waals surface area contributed by atoms with Crippen molar-refractivity contribution < 1.29 is 9.53 Å². The SMILES string of the molecule is COc1ccc(-c2nc(CN3CCN(C(=O)CCCCC4CCSS4)CC3)cs2)cc1. The average molecular weight is 478 g/mol. The maximum Gasteiger partial charge on any atom is 0.222 e. The third-order valence-electron chi connectivity index (χ3n) is 5.89. The molecule has 3 heterocycles. The molecular formula is C23H31N3O2S3. The number of unbranched alkanes of at least 4 members (excludes halogenated alkanes) is 1. The van der Waals surface area contributed by atoms with E-state index in [1.165, 1.54) is 25.0 Å². The van der Waals surface area contributed by atoms with Crippen molar-refractivity contribution in [3.8, 4) is 16.3 Å². The first kappa shape index (κ1) is 23.0. The molecule has 2 aromatic rings. The second-order valence-electron chi connectivity index (χ2n) is 8.10. The lowest BCUT2D eigenvalue weighted by molar-refractivity contribution is -0.133. The third kappa shape index (κ3) is 6.63. The van der Waals surface area contributed by atoms with Gasteiger partial charge < -0.3 is 9.64 Å². The fourth-order valence-electron chi connectivity index (χ4n) is 4.00. The first-order valence-electron chi connectivity index (χ1n) is 11.1. The molecule has 0 spiro atoms. The molecule has 8 heteroatoms. The third-order valence-corrected chi connectivity index (χ3v) is 9.84. The molecule has 168 valence electrons. The highest BCUT2D eigenvalue weighted by Gasteiger charge is 2.22. The minimum Gasteiger partial charge on any atom is -0.497 e. The molecule has 2 saturated heterocycles. The second-order valence-corrected chi connectivity index (χ2v) is 11.7. The predicted octanol–water partition coefficient (Wildman–Crippen LogP) is 5.18. The number of nitrogens with zero attached hydrogens (tertiary/aromatic N) is 3. The van der Waals surface area contributed by atoms with E-state index in [1.807, 2.05) is 33.7 Å². The summed E-state index contributed by atoms with van der Waals surface area (Å²) < 4.78 is 5.23. The van der Waals surface area contributed by atoms with Crippen molar-refractivity contribution in [3.63, 3.8) is 0 Å². The van der Waals surface area contributed by atoms with Gasteiger partial charge in [-0.2, -0.15) is 0 Å². The Morgan fingerprint density at radius 2 is 1.97 bits per heavy atom. The molecule has 0 radical (unpaired) electrons. The van der Waals surface area contributed by atoms with Gasteiger partial charge in [-0.15, -0.1) is 11.3 Å². The zero-order valence-corrected chi connectivity index (χ0v) is 20.6. The van der Waals surface area contributed by atoms with Gasteiger partial charge in [0.05, 0.1) is 12.8 Å². The van der Waals surface area contributed by atoms with Crippen molar-refractivity contribution in [2.45, 2.75) is 43.9 Å². The summed E-state index contributed by atoms with van der Waals surface area (Å²) in [6, 6.07) is 8.05. The number of hydrogen-bond acceptors (Lipinski definition) is 7. The number of rotatable bonds is 9. The van der Waals surface area contributed by atoms with Crippen molar-refractivity contribution in [2.24, 2.45) is 0 Å². The van der Waals surface area contributed by atoms with Crippen LogP contribution in [-0.2, 0) is 11.3 Å². The number of benzene rings is 1. The summed E-state index contributed by atoms with van der Waals surface area (Å²) in [4.78, 5) is 21.8. The van der Waals surface area contributed by atoms with Crippen LogP contribution in [-0.4, -0.2) is 65.0 Å². The normalized spacial score (nSPS) is 19.6. The van der Waals surface area contributed by atoms with Crippen LogP contribution in [0.5, 0.6) is 5.75 Å². The van der Waals surface area contributed by atoms with Gasteiger partial charge in [-0.25, -0.2) is 4.98 Å². The first-order chi connectivity index (χ1) is 15.2. The van der Waals surface area contributed by atoms with Crippen molar-refractivity contribution in [2.75, 3.05) is 39.0 Å². The van der Waals surface area contributed by atoms with Gasteiger partial charge in [0.2, 0.25) is 5.91 Å². The maximum absolute atomic E-state index is 12.5. The Bertz CT molecular complexity index is 829. The van der Waals surface area contributed by atoms with Gasteiger partial charge in [0.25, 0.3) is 0 Å². The number of amides is 1. The molecule has 0 saturated carbocycles. The number of aromatic nitrogens is 1. The van der Waals surface area contributed by atoms with Crippen LogP contribution in [0, 0.1) is 0 Å². The van der Waals surface area contributed by atoms with E-state index in [-0.39, 0.29) is 0 Å². The van der Waals surface area contributed by atoms with Crippen LogP contribution >= 0.6 is 32.9 Å². The zero-order valence-electron chi connectivity index (χ0n) is 18.1. The predicted molar refractivity (Wildman–Crippen MR) is 133 cm³/mol. The summed E-state index contributed by atoms with van der Waals surface area (Å²) in [6.45, 7) is 4.38. The van der Waals surface area contributed by atoms with Crippen LogP contribution in [0.25, 0.3) is 10.6 Å². The van der Waals surface area contributed by atoms with E-state index in [0.717, 1.165) is 66.4 Å². The fourth-order valence-corrected chi connectivity index (χ4v) is 7.85. The smallest absolute Gasteiger partial charge is 0.222 e. The molecule has 2 aliphatic rings. The molecule has 0 N–H and O–H groups in total. The van der Waals surface area contributed by atoms with E-state index in [0.29, 0.717) is 12.3 Å². The van der Waals surface area contributed by atoms with E-state index in [2.05, 4.69) is 27.3 Å². The molecular weight excluding hydrogens is 446 g/mol. The molecule has 4 rings (SSSR count). The molecule has 2 aliphatic heterocycles. The van der Waals surface area contributed by atoms with Crippen molar-refractivity contribution >= 4 is 38.8 Å². The Kier molecular flexibility index (Phi) is 8.58. The summed E-state index contributed by atoms with van der Waals surface area (Å²) in [6.07, 6.45) is 5.54. The van der Waals surface area contributed by atoms with Gasteiger partial charge in [0.1, 0.15) is 10.8 Å². The van der Waals surface area contributed by atoms with Crippen molar-refractivity contribution in [1.29, 1.82) is 0 Å². The van der Waals surface area contributed by atoms with E-state index in [4.69, 9.17) is 9.72 Å². The number of thiazole rings is 1. The first-order valence-corrected chi connectivity index (χ1v) is 14.3. The number of carbonyl (C=O) groups excluding carboxylic acids is 1. The molecule has 31 heavy (non-hydrogen) atoms. The van der Waals surface area contributed by atoms with Crippen LogP contribution in [0.4, 0.5) is 0 Å². The topological polar surface area (TPSA) is 45.7 Å². The highest BCUT2D eigenvalue weighted by Crippen LogP contribution is 2.39. The molecule has 1 atom stereocenters. The number of hydrogen-bond donors (Lipinski definition) is 0. The largest absolute Gasteiger partial charge is 0.497 e. The minimum absolute atomic E-state index is 0.337. The molecule has 1 aromatic carbocycles. The Morgan fingerprint density at radius 1 is 1.16 bits per heavy atom. The number of methoxy groups -OCH3 is 1. The maximum atomic E-state index is 12.5. The van der Waals surface area contributed by atoms with E-state index >= 15 is 0 Å². The standard InChI is InChI=1S/C23H31N3O2S3/c1-28-20-8-6-18(7-9-20)23-24-19(17-29-23)16-25-11-13-26(14-12-25)22(27)5-3-2-4-21-10-15-30-31-21/h6-9,17,21H,2-5,10-16H2,1H3. The second kappa shape index (κ2) is 11.6. The van der Waals surface area contributed by atoms with Crippen LogP contribution in [0.2, 0.25) is 0 Å². The lowest BCUT2D eigenvalue weighted by atomic mass is 10.1. The van der Waals surface area contributed by atoms with Crippen LogP contribution in [0.3, 0.4) is 0 Å². The highest BCUT2D eigenvalue weighted by atomic mass is 33.1. The summed E-state index contributed by atoms with van der Waals surface area (Å²) >= 11 is 1.68. The highest BCUT2D eigenvalue weighted by molar-refractivity contribution is 8.77. The van der Waals surface area contributed by atoms with Crippen LogP contribution in [0.15, 0.2) is 29.6 Å². The Morgan fingerprint density at radius 3 is 2.68 bits per heavy atom. The summed E-state index contributed by atoms with van der Waals surface area (Å²) in [5.74, 6) is 2.49. The average Bonchev–Trinajstić information content (AvgIpc) is 3.49. The van der Waals surface area contributed by atoms with Crippen molar-refractivity contribution in [1.82, 2.24) is 14.8 Å². The Hall–Kier alpha value is -1.22. The van der Waals surface area contributed by atoms with E-state index in [9.17, 15) is 4.79 Å². The monoisotopic (exact) mass is 477 g/mol. The zero-order chi connectivity index (χ0) is 21.5. The molecule has 0 bridgehead atoms. The Labute approximate surface area is 197 Å². The van der Waals surface area contributed by atoms with Gasteiger partial charge in [0, 0.05) is 61.1 Å². The summed E-state index contributed by atoms with van der Waals surface area (Å²) in [5, 5.41) is 4.01. The van der Waals surface area contributed by atoms with Crippen molar-refractivity contribution in [3.05, 3.63) is 35.3 Å². The van der Waals surface area contributed by atoms with Crippen LogP contribution < -0.4 is 4.74 Å². The molecule has 5 nitrogen and oxygen atoms in total. The van der Waals surface area contributed by atoms with Gasteiger partial charge in [-0.1, -0.05) is 28.0 Å². The van der Waals surface area contributed by atoms with Gasteiger partial charge in [0.15, 0.2) is 0 Å². The fraction of sp³-hybridized carbons (Fsp3) is 0.565. The minimum atomic E-state index is 0.337.